The molecular formula is C32H26Br2Cl2N2O2. The zero-order valence-corrected chi connectivity index (χ0v) is 27.0. The lowest BCUT2D eigenvalue weighted by atomic mass is 9.79. The molecule has 8 heteroatoms. The summed E-state index contributed by atoms with van der Waals surface area (Å²) in [5, 5.41) is 6.99. The van der Waals surface area contributed by atoms with Gasteiger partial charge in [0.1, 0.15) is 0 Å². The Balaban J connectivity index is 1.86. The zero-order valence-electron chi connectivity index (χ0n) is 22.4. The lowest BCUT2D eigenvalue weighted by Gasteiger charge is -2.29. The maximum Gasteiger partial charge on any atom is 0.196 e. The predicted molar refractivity (Wildman–Crippen MR) is 173 cm³/mol. The Kier molecular flexibility index (Phi) is 8.17. The van der Waals surface area contributed by atoms with Crippen LogP contribution in [0.2, 0.25) is 0 Å². The fourth-order valence-corrected chi connectivity index (χ4v) is 7.56. The highest BCUT2D eigenvalue weighted by Crippen LogP contribution is 2.46. The first-order chi connectivity index (χ1) is 19.1. The molecule has 0 spiro atoms. The first kappa shape index (κ1) is 28.9. The molecule has 0 saturated heterocycles. The highest BCUT2D eigenvalue weighted by molar-refractivity contribution is 9.11. The summed E-state index contributed by atoms with van der Waals surface area (Å²) in [5.41, 5.74) is 9.30. The summed E-state index contributed by atoms with van der Waals surface area (Å²) in [4.78, 5) is 28.4. The van der Waals surface area contributed by atoms with Crippen molar-refractivity contribution in [2.45, 2.75) is 39.5 Å². The number of fused-ring (bicyclic) bond motifs is 2. The first-order valence-electron chi connectivity index (χ1n) is 12.7. The molecule has 0 amide bonds. The molecule has 204 valence electrons. The van der Waals surface area contributed by atoms with Gasteiger partial charge in [0.25, 0.3) is 0 Å². The van der Waals surface area contributed by atoms with Gasteiger partial charge in [-0.25, -0.2) is 0 Å². The highest BCUT2D eigenvalue weighted by atomic mass is 79.9. The molecule has 0 atom stereocenters. The topological polar surface area (TPSA) is 58.2 Å². The van der Waals surface area contributed by atoms with Gasteiger partial charge in [0.2, 0.25) is 0 Å². The molecule has 0 saturated carbocycles. The van der Waals surface area contributed by atoms with Crippen LogP contribution in [-0.2, 0) is 11.8 Å². The molecule has 1 aliphatic rings. The van der Waals surface area contributed by atoms with E-state index in [0.29, 0.717) is 33.6 Å². The third kappa shape index (κ3) is 4.89. The maximum absolute atomic E-state index is 14.2. The summed E-state index contributed by atoms with van der Waals surface area (Å²) in [6.45, 7) is 8.02. The van der Waals surface area contributed by atoms with Crippen LogP contribution in [0.1, 0.15) is 65.2 Å². The molecule has 4 nitrogen and oxygen atoms in total. The lowest BCUT2D eigenvalue weighted by molar-refractivity contribution is 0.0980. The first-order valence-corrected chi connectivity index (χ1v) is 15.3. The molecule has 0 fully saturated rings. The molecule has 4 aromatic carbocycles. The Morgan fingerprint density at radius 1 is 0.625 bits per heavy atom. The summed E-state index contributed by atoms with van der Waals surface area (Å²) in [7, 11) is 0. The number of benzene rings is 4. The normalized spacial score (nSPS) is 12.3. The van der Waals surface area contributed by atoms with Gasteiger partial charge in [0, 0.05) is 31.8 Å². The van der Waals surface area contributed by atoms with Crippen molar-refractivity contribution >= 4 is 89.4 Å². The minimum atomic E-state index is -0.246. The molecule has 0 heterocycles. The Morgan fingerprint density at radius 3 is 1.32 bits per heavy atom. The molecule has 0 bridgehead atoms. The molecule has 5 rings (SSSR count). The number of aryl methyl sites for hydroxylation is 4. The van der Waals surface area contributed by atoms with Crippen LogP contribution in [0.4, 0.5) is 22.7 Å². The SMILES string of the molecule is Cc1cc(C)c(Nc2c(CCl)c(CCl)c(Nc3c(C)cc(C)cc3Br)c3c2C(=O)c2ccccc2C3=O)c(Br)c1. The van der Waals surface area contributed by atoms with Gasteiger partial charge in [0.15, 0.2) is 11.6 Å². The van der Waals surface area contributed by atoms with Gasteiger partial charge in [-0.1, -0.05) is 36.4 Å². The highest BCUT2D eigenvalue weighted by Gasteiger charge is 2.37. The second-order valence-electron chi connectivity index (χ2n) is 10.1. The van der Waals surface area contributed by atoms with Gasteiger partial charge < -0.3 is 10.6 Å². The summed E-state index contributed by atoms with van der Waals surface area (Å²) < 4.78 is 1.67. The number of anilines is 4. The van der Waals surface area contributed by atoms with Crippen molar-refractivity contribution in [3.63, 3.8) is 0 Å². The predicted octanol–water partition coefficient (Wildman–Crippen LogP) is 10.2. The van der Waals surface area contributed by atoms with Crippen molar-refractivity contribution in [1.29, 1.82) is 0 Å². The Bertz CT molecular complexity index is 1560. The van der Waals surface area contributed by atoms with Crippen LogP contribution in [0.3, 0.4) is 0 Å². The molecule has 0 aromatic heterocycles. The number of carbonyl (C=O) groups is 2. The lowest BCUT2D eigenvalue weighted by Crippen LogP contribution is -2.25. The summed E-state index contributed by atoms with van der Waals surface area (Å²) in [6.07, 6.45) is 0. The van der Waals surface area contributed by atoms with E-state index < -0.39 is 0 Å². The summed E-state index contributed by atoms with van der Waals surface area (Å²) in [6, 6.07) is 15.0. The van der Waals surface area contributed by atoms with E-state index in [0.717, 1.165) is 42.6 Å². The maximum atomic E-state index is 14.2. The van der Waals surface area contributed by atoms with Crippen LogP contribution in [0.5, 0.6) is 0 Å². The van der Waals surface area contributed by atoms with Crippen LogP contribution in [0.25, 0.3) is 0 Å². The largest absolute Gasteiger partial charge is 0.353 e. The average Bonchev–Trinajstić information content (AvgIpc) is 2.90. The number of hydrogen-bond donors (Lipinski definition) is 2. The van der Waals surface area contributed by atoms with Crippen LogP contribution in [0, 0.1) is 27.7 Å². The number of nitrogens with one attached hydrogen (secondary N) is 2. The van der Waals surface area contributed by atoms with Gasteiger partial charge >= 0.3 is 0 Å². The van der Waals surface area contributed by atoms with Crippen molar-refractivity contribution in [3.05, 3.63) is 113 Å². The van der Waals surface area contributed by atoms with E-state index in [2.05, 4.69) is 54.6 Å². The van der Waals surface area contributed by atoms with Gasteiger partial charge in [-0.2, -0.15) is 0 Å². The van der Waals surface area contributed by atoms with E-state index in [1.807, 2.05) is 39.8 Å². The van der Waals surface area contributed by atoms with Crippen molar-refractivity contribution in [2.24, 2.45) is 0 Å². The van der Waals surface area contributed by atoms with Gasteiger partial charge in [-0.15, -0.1) is 23.2 Å². The van der Waals surface area contributed by atoms with Crippen LogP contribution >= 0.6 is 55.1 Å². The molecule has 2 N–H and O–H groups in total. The fraction of sp³-hybridized carbons (Fsp3) is 0.188. The van der Waals surface area contributed by atoms with Gasteiger partial charge in [0.05, 0.1) is 33.9 Å². The molecule has 0 aliphatic heterocycles. The van der Waals surface area contributed by atoms with E-state index in [1.165, 1.54) is 0 Å². The van der Waals surface area contributed by atoms with Crippen LogP contribution < -0.4 is 10.6 Å². The summed E-state index contributed by atoms with van der Waals surface area (Å²) in [5.74, 6) is -0.342. The molecule has 0 radical (unpaired) electrons. The molecular weight excluding hydrogens is 675 g/mol. The molecule has 4 aromatic rings. The van der Waals surface area contributed by atoms with E-state index in [1.54, 1.807) is 24.3 Å². The Labute approximate surface area is 260 Å². The van der Waals surface area contributed by atoms with Crippen LogP contribution in [0.15, 0.2) is 57.5 Å². The third-order valence-electron chi connectivity index (χ3n) is 7.22. The second kappa shape index (κ2) is 11.3. The van der Waals surface area contributed by atoms with Gasteiger partial charge in [-0.05, 0) is 105 Å². The standard InChI is InChI=1S/C32H26Br2Cl2N2O2/c1-15-9-17(3)27(23(33)11-15)37-29-21(13-35)22(14-36)30(38-28-18(4)10-16(2)12-24(28)34)26-25(29)31(39)19-7-5-6-8-20(19)32(26)40/h5-12,37-38H,13-14H2,1-4H3. The van der Waals surface area contributed by atoms with Crippen molar-refractivity contribution < 1.29 is 9.59 Å². The smallest absolute Gasteiger partial charge is 0.196 e. The van der Waals surface area contributed by atoms with E-state index in [9.17, 15) is 9.59 Å². The minimum Gasteiger partial charge on any atom is -0.353 e. The fourth-order valence-electron chi connectivity index (χ4n) is 5.43. The summed E-state index contributed by atoms with van der Waals surface area (Å²) >= 11 is 20.6. The van der Waals surface area contributed by atoms with Gasteiger partial charge in [-0.3, -0.25) is 9.59 Å². The number of ketones is 2. The zero-order chi connectivity index (χ0) is 28.9. The second-order valence-corrected chi connectivity index (χ2v) is 12.3. The monoisotopic (exact) mass is 698 g/mol. The molecule has 0 unspecified atom stereocenters. The number of carbonyl (C=O) groups excluding carboxylic acids is 2. The molecule has 1 aliphatic carbocycles. The van der Waals surface area contributed by atoms with Crippen molar-refractivity contribution in [2.75, 3.05) is 10.6 Å². The number of alkyl halides is 2. The number of hydrogen-bond acceptors (Lipinski definition) is 4. The Morgan fingerprint density at radius 2 is 1.00 bits per heavy atom. The van der Waals surface area contributed by atoms with E-state index in [4.69, 9.17) is 23.2 Å². The number of rotatable bonds is 6. The van der Waals surface area contributed by atoms with Crippen molar-refractivity contribution in [3.8, 4) is 0 Å². The third-order valence-corrected chi connectivity index (χ3v) is 9.00. The molecule has 40 heavy (non-hydrogen) atoms. The quantitative estimate of drug-likeness (QED) is 0.173. The van der Waals surface area contributed by atoms with Crippen LogP contribution in [-0.4, -0.2) is 11.6 Å². The van der Waals surface area contributed by atoms with E-state index >= 15 is 0 Å². The van der Waals surface area contributed by atoms with Crippen molar-refractivity contribution in [1.82, 2.24) is 0 Å². The number of halogens is 4. The minimum absolute atomic E-state index is 0.0754. The van der Waals surface area contributed by atoms with E-state index in [-0.39, 0.29) is 34.5 Å². The average molecular weight is 701 g/mol. The Hall–Kier alpha value is -2.64.